The number of carboxylic acids is 1. The SMILES string of the molecule is CCC(CCCCCCCNS(=O)(=O)c1ccc(Cl)cc1)C(C)(C)C(=O)O. The van der Waals surface area contributed by atoms with Gasteiger partial charge >= 0.3 is 5.97 Å². The van der Waals surface area contributed by atoms with E-state index in [0.29, 0.717) is 11.6 Å². The van der Waals surface area contributed by atoms with E-state index in [9.17, 15) is 18.3 Å². The molecule has 2 N–H and O–H groups in total. The number of unbranched alkanes of at least 4 members (excludes halogenated alkanes) is 4. The van der Waals surface area contributed by atoms with Gasteiger partial charge in [0.2, 0.25) is 10.0 Å². The van der Waals surface area contributed by atoms with Crippen LogP contribution >= 0.6 is 11.6 Å². The highest BCUT2D eigenvalue weighted by atomic mass is 35.5. The topological polar surface area (TPSA) is 83.5 Å². The van der Waals surface area contributed by atoms with Gasteiger partial charge in [0, 0.05) is 11.6 Å². The lowest BCUT2D eigenvalue weighted by atomic mass is 9.74. The third-order valence-electron chi connectivity index (χ3n) is 5.21. The molecule has 27 heavy (non-hydrogen) atoms. The first kappa shape index (κ1) is 23.9. The number of benzene rings is 1. The van der Waals surface area contributed by atoms with Crippen molar-refractivity contribution in [1.29, 1.82) is 0 Å². The number of carbonyl (C=O) groups is 1. The van der Waals surface area contributed by atoms with Crippen LogP contribution in [0.25, 0.3) is 0 Å². The van der Waals surface area contributed by atoms with Gasteiger partial charge in [-0.2, -0.15) is 0 Å². The van der Waals surface area contributed by atoms with Crippen molar-refractivity contribution in [3.63, 3.8) is 0 Å². The second-order valence-electron chi connectivity index (χ2n) is 7.54. The van der Waals surface area contributed by atoms with Crippen molar-refractivity contribution in [3.8, 4) is 0 Å². The number of aliphatic carboxylic acids is 1. The quantitative estimate of drug-likeness (QED) is 0.437. The van der Waals surface area contributed by atoms with Crippen LogP contribution in [0.4, 0.5) is 0 Å². The maximum Gasteiger partial charge on any atom is 0.309 e. The molecule has 1 rings (SSSR count). The molecule has 1 unspecified atom stereocenters. The Bertz CT molecular complexity index is 686. The first-order chi connectivity index (χ1) is 12.6. The van der Waals surface area contributed by atoms with Crippen molar-refractivity contribution in [2.45, 2.75) is 70.6 Å². The van der Waals surface area contributed by atoms with Gasteiger partial charge in [0.25, 0.3) is 0 Å². The normalized spacial score (nSPS) is 13.5. The molecule has 1 aromatic carbocycles. The highest BCUT2D eigenvalue weighted by Crippen LogP contribution is 2.33. The number of hydrogen-bond acceptors (Lipinski definition) is 3. The molecule has 0 aliphatic rings. The van der Waals surface area contributed by atoms with Gasteiger partial charge in [-0.15, -0.1) is 0 Å². The fourth-order valence-corrected chi connectivity index (χ4v) is 4.40. The van der Waals surface area contributed by atoms with E-state index >= 15 is 0 Å². The van der Waals surface area contributed by atoms with Crippen LogP contribution in [0.15, 0.2) is 29.2 Å². The number of nitrogens with one attached hydrogen (secondary N) is 1. The molecule has 7 heteroatoms. The number of halogens is 1. The minimum absolute atomic E-state index is 0.182. The molecule has 1 aromatic rings. The van der Waals surface area contributed by atoms with Gasteiger partial charge in [-0.3, -0.25) is 4.79 Å². The van der Waals surface area contributed by atoms with Crippen molar-refractivity contribution in [2.24, 2.45) is 11.3 Å². The lowest BCUT2D eigenvalue weighted by Crippen LogP contribution is -2.32. The van der Waals surface area contributed by atoms with Crippen LogP contribution in [0.5, 0.6) is 0 Å². The third kappa shape index (κ3) is 7.80. The maximum atomic E-state index is 12.1. The molecule has 0 aromatic heterocycles. The lowest BCUT2D eigenvalue weighted by Gasteiger charge is -2.29. The van der Waals surface area contributed by atoms with Crippen LogP contribution in [0.3, 0.4) is 0 Å². The molecular weight excluding hydrogens is 386 g/mol. The van der Waals surface area contributed by atoms with Gasteiger partial charge in [0.15, 0.2) is 0 Å². The van der Waals surface area contributed by atoms with Crippen LogP contribution in [0.2, 0.25) is 5.02 Å². The Labute approximate surface area is 168 Å². The number of carboxylic acid groups (broad SMARTS) is 1. The molecule has 1 atom stereocenters. The summed E-state index contributed by atoms with van der Waals surface area (Å²) in [4.78, 5) is 11.6. The summed E-state index contributed by atoms with van der Waals surface area (Å²) in [5.41, 5.74) is -0.686. The highest BCUT2D eigenvalue weighted by Gasteiger charge is 2.34. The zero-order chi connectivity index (χ0) is 20.5. The molecule has 0 saturated carbocycles. The highest BCUT2D eigenvalue weighted by molar-refractivity contribution is 7.89. The van der Waals surface area contributed by atoms with E-state index in [2.05, 4.69) is 4.72 Å². The fourth-order valence-electron chi connectivity index (χ4n) is 3.20. The van der Waals surface area contributed by atoms with Crippen LogP contribution < -0.4 is 4.72 Å². The standard InChI is InChI=1S/C20H32ClNO4S/c1-4-16(20(2,3)19(23)24)10-8-6-5-7-9-15-22-27(25,26)18-13-11-17(21)12-14-18/h11-14,16,22H,4-10,15H2,1-3H3,(H,23,24). The molecule has 0 saturated heterocycles. The Balaban J connectivity index is 2.22. The van der Waals surface area contributed by atoms with Crippen LogP contribution in [-0.2, 0) is 14.8 Å². The predicted octanol–water partition coefficient (Wildman–Crippen LogP) is 5.10. The van der Waals surface area contributed by atoms with Gasteiger partial charge in [-0.1, -0.05) is 50.6 Å². The van der Waals surface area contributed by atoms with Crippen molar-refractivity contribution < 1.29 is 18.3 Å². The summed E-state index contributed by atoms with van der Waals surface area (Å²) in [5, 5.41) is 9.85. The number of hydrogen-bond donors (Lipinski definition) is 2. The van der Waals surface area contributed by atoms with Gasteiger partial charge in [-0.25, -0.2) is 13.1 Å². The van der Waals surface area contributed by atoms with E-state index in [1.165, 1.54) is 12.1 Å². The Hall–Kier alpha value is -1.11. The predicted molar refractivity (Wildman–Crippen MR) is 110 cm³/mol. The van der Waals surface area contributed by atoms with E-state index in [0.717, 1.165) is 44.9 Å². The molecule has 0 fully saturated rings. The molecule has 0 aliphatic heterocycles. The first-order valence-electron chi connectivity index (χ1n) is 9.60. The molecule has 0 spiro atoms. The van der Waals surface area contributed by atoms with E-state index < -0.39 is 21.4 Å². The van der Waals surface area contributed by atoms with Crippen molar-refractivity contribution in [2.75, 3.05) is 6.54 Å². The van der Waals surface area contributed by atoms with E-state index in [1.807, 2.05) is 6.92 Å². The van der Waals surface area contributed by atoms with Crippen LogP contribution in [0.1, 0.15) is 65.7 Å². The van der Waals surface area contributed by atoms with Gasteiger partial charge in [0.05, 0.1) is 10.3 Å². The Kier molecular flexibility index (Phi) is 9.77. The van der Waals surface area contributed by atoms with Crippen LogP contribution in [-0.4, -0.2) is 26.0 Å². The summed E-state index contributed by atoms with van der Waals surface area (Å²) in [6.45, 7) is 6.06. The zero-order valence-electron chi connectivity index (χ0n) is 16.5. The van der Waals surface area contributed by atoms with Gasteiger partial charge in [-0.05, 0) is 56.9 Å². The fraction of sp³-hybridized carbons (Fsp3) is 0.650. The zero-order valence-corrected chi connectivity index (χ0v) is 18.1. The second-order valence-corrected chi connectivity index (χ2v) is 9.74. The molecule has 0 aliphatic carbocycles. The van der Waals surface area contributed by atoms with Gasteiger partial charge < -0.3 is 5.11 Å². The summed E-state index contributed by atoms with van der Waals surface area (Å²) in [5.74, 6) is -0.552. The minimum Gasteiger partial charge on any atom is -0.481 e. The average Bonchev–Trinajstić information content (AvgIpc) is 2.60. The molecule has 0 radical (unpaired) electrons. The van der Waals surface area contributed by atoms with Crippen molar-refractivity contribution in [3.05, 3.63) is 29.3 Å². The lowest BCUT2D eigenvalue weighted by molar-refractivity contribution is -0.150. The Morgan fingerprint density at radius 2 is 1.67 bits per heavy atom. The third-order valence-corrected chi connectivity index (χ3v) is 6.94. The van der Waals surface area contributed by atoms with Crippen molar-refractivity contribution in [1.82, 2.24) is 4.72 Å². The Morgan fingerprint density at radius 1 is 1.11 bits per heavy atom. The summed E-state index contributed by atoms with van der Waals surface area (Å²) in [6.07, 6.45) is 6.58. The van der Waals surface area contributed by atoms with Gasteiger partial charge in [0.1, 0.15) is 0 Å². The van der Waals surface area contributed by atoms with E-state index in [1.54, 1.807) is 26.0 Å². The minimum atomic E-state index is -3.48. The van der Waals surface area contributed by atoms with E-state index in [4.69, 9.17) is 11.6 Å². The molecule has 0 bridgehead atoms. The number of sulfonamides is 1. The monoisotopic (exact) mass is 417 g/mol. The average molecular weight is 418 g/mol. The molecule has 0 amide bonds. The molecule has 154 valence electrons. The number of rotatable bonds is 13. The smallest absolute Gasteiger partial charge is 0.309 e. The van der Waals surface area contributed by atoms with Crippen molar-refractivity contribution >= 4 is 27.6 Å². The summed E-state index contributed by atoms with van der Waals surface area (Å²) < 4.78 is 26.9. The largest absolute Gasteiger partial charge is 0.481 e. The summed E-state index contributed by atoms with van der Waals surface area (Å²) in [7, 11) is -3.48. The molecule has 0 heterocycles. The maximum absolute atomic E-state index is 12.1. The summed E-state index contributed by atoms with van der Waals surface area (Å²) >= 11 is 5.77. The van der Waals surface area contributed by atoms with Crippen LogP contribution in [0, 0.1) is 11.3 Å². The second kappa shape index (κ2) is 11.0. The first-order valence-corrected chi connectivity index (χ1v) is 11.5. The van der Waals surface area contributed by atoms with E-state index in [-0.39, 0.29) is 10.8 Å². The molecule has 5 nitrogen and oxygen atoms in total. The summed E-state index contributed by atoms with van der Waals surface area (Å²) in [6, 6.07) is 6.11. The Morgan fingerprint density at radius 3 is 2.22 bits per heavy atom. The molecular formula is C20H32ClNO4S.